The van der Waals surface area contributed by atoms with E-state index in [2.05, 4.69) is 0 Å². The number of hydrogen-bond acceptors (Lipinski definition) is 3. The molecule has 4 heteroatoms. The number of carbonyl (C=O) groups is 1. The molecule has 1 aliphatic rings. The molecule has 0 spiro atoms. The van der Waals surface area contributed by atoms with Crippen molar-refractivity contribution in [2.24, 2.45) is 0 Å². The molecular formula is C13H15NO3. The first-order valence-electron chi connectivity index (χ1n) is 5.34. The van der Waals surface area contributed by atoms with Crippen molar-refractivity contribution in [3.8, 4) is 11.5 Å². The summed E-state index contributed by atoms with van der Waals surface area (Å²) in [6.07, 6.45) is 4.04. The van der Waals surface area contributed by atoms with Crippen molar-refractivity contribution < 1.29 is 14.3 Å². The molecule has 2 rings (SSSR count). The number of fused-ring (bicyclic) bond motifs is 1. The fourth-order valence-corrected chi connectivity index (χ4v) is 1.81. The Labute approximate surface area is 100 Å². The van der Waals surface area contributed by atoms with Gasteiger partial charge in [-0.3, -0.25) is 4.79 Å². The van der Waals surface area contributed by atoms with Gasteiger partial charge in [-0.1, -0.05) is 0 Å². The second-order valence-corrected chi connectivity index (χ2v) is 3.90. The summed E-state index contributed by atoms with van der Waals surface area (Å²) in [7, 11) is 4.94. The highest BCUT2D eigenvalue weighted by molar-refractivity contribution is 5.83. The number of amides is 1. The predicted molar refractivity (Wildman–Crippen MR) is 65.1 cm³/mol. The lowest BCUT2D eigenvalue weighted by atomic mass is 10.0. The van der Waals surface area contributed by atoms with E-state index >= 15 is 0 Å². The summed E-state index contributed by atoms with van der Waals surface area (Å²) in [4.78, 5) is 13.3. The van der Waals surface area contributed by atoms with Crippen LogP contribution >= 0.6 is 0 Å². The molecule has 0 fully saturated rings. The van der Waals surface area contributed by atoms with Crippen LogP contribution in [-0.4, -0.2) is 32.1 Å². The third-order valence-corrected chi connectivity index (χ3v) is 2.86. The Bertz CT molecular complexity index is 480. The second kappa shape index (κ2) is 4.49. The van der Waals surface area contributed by atoms with Crippen molar-refractivity contribution in [2.45, 2.75) is 6.42 Å². The Morgan fingerprint density at radius 2 is 1.82 bits per heavy atom. The Kier molecular flexibility index (Phi) is 3.04. The van der Waals surface area contributed by atoms with E-state index in [0.717, 1.165) is 11.1 Å². The molecule has 1 amide bonds. The maximum atomic E-state index is 11.7. The number of ether oxygens (including phenoxy) is 2. The maximum absolute atomic E-state index is 11.7. The summed E-state index contributed by atoms with van der Waals surface area (Å²) in [5, 5.41) is 0. The van der Waals surface area contributed by atoms with Crippen LogP contribution in [0.2, 0.25) is 0 Å². The van der Waals surface area contributed by atoms with Crippen LogP contribution in [0.3, 0.4) is 0 Å². The summed E-state index contributed by atoms with van der Waals surface area (Å²) in [6.45, 7) is 0. The Morgan fingerprint density at radius 1 is 1.18 bits per heavy atom. The molecule has 0 radical (unpaired) electrons. The SMILES string of the molecule is COc1cc2c(cc1OC)CC(=O)N(C)C=C2. The predicted octanol–water partition coefficient (Wildman–Crippen LogP) is 1.69. The Balaban J connectivity index is 2.51. The van der Waals surface area contributed by atoms with Crippen molar-refractivity contribution >= 4 is 12.0 Å². The lowest BCUT2D eigenvalue weighted by Gasteiger charge is -2.12. The zero-order valence-electron chi connectivity index (χ0n) is 10.2. The summed E-state index contributed by atoms with van der Waals surface area (Å²) >= 11 is 0. The van der Waals surface area contributed by atoms with Crippen LogP contribution in [0.4, 0.5) is 0 Å². The molecule has 1 aromatic carbocycles. The van der Waals surface area contributed by atoms with Crippen molar-refractivity contribution in [1.29, 1.82) is 0 Å². The van der Waals surface area contributed by atoms with Gasteiger partial charge in [0.25, 0.3) is 0 Å². The minimum absolute atomic E-state index is 0.0622. The van der Waals surface area contributed by atoms with Crippen LogP contribution in [-0.2, 0) is 11.2 Å². The third kappa shape index (κ3) is 2.11. The lowest BCUT2D eigenvalue weighted by molar-refractivity contribution is -0.126. The normalized spacial score (nSPS) is 14.3. The van der Waals surface area contributed by atoms with Gasteiger partial charge in [-0.25, -0.2) is 0 Å². The van der Waals surface area contributed by atoms with Gasteiger partial charge in [0.1, 0.15) is 0 Å². The summed E-state index contributed by atoms with van der Waals surface area (Å²) in [5.74, 6) is 1.39. The van der Waals surface area contributed by atoms with Gasteiger partial charge in [0.2, 0.25) is 5.91 Å². The summed E-state index contributed by atoms with van der Waals surface area (Å²) in [6, 6.07) is 3.74. The average Bonchev–Trinajstić information content (AvgIpc) is 2.48. The third-order valence-electron chi connectivity index (χ3n) is 2.86. The van der Waals surface area contributed by atoms with E-state index in [1.165, 1.54) is 0 Å². The molecular weight excluding hydrogens is 218 g/mol. The number of hydrogen-bond donors (Lipinski definition) is 0. The molecule has 0 saturated carbocycles. The Hall–Kier alpha value is -1.97. The minimum atomic E-state index is 0.0622. The van der Waals surface area contributed by atoms with Gasteiger partial charge in [-0.05, 0) is 29.3 Å². The summed E-state index contributed by atoms with van der Waals surface area (Å²) < 4.78 is 10.5. The molecule has 1 aromatic rings. The van der Waals surface area contributed by atoms with Gasteiger partial charge in [-0.15, -0.1) is 0 Å². The van der Waals surface area contributed by atoms with Gasteiger partial charge in [0.05, 0.1) is 20.6 Å². The first kappa shape index (κ1) is 11.5. The zero-order chi connectivity index (χ0) is 12.4. The first-order chi connectivity index (χ1) is 8.15. The standard InChI is InChI=1S/C13H15NO3/c1-14-5-4-9-6-11(16-2)12(17-3)7-10(9)8-13(14)15/h4-7H,8H2,1-3H3. The smallest absolute Gasteiger partial charge is 0.230 e. The van der Waals surface area contributed by atoms with Crippen molar-refractivity contribution in [3.63, 3.8) is 0 Å². The van der Waals surface area contributed by atoms with E-state index in [-0.39, 0.29) is 5.91 Å². The molecule has 1 aliphatic heterocycles. The highest BCUT2D eigenvalue weighted by atomic mass is 16.5. The molecule has 0 bridgehead atoms. The topological polar surface area (TPSA) is 38.8 Å². The number of nitrogens with zero attached hydrogens (tertiary/aromatic N) is 1. The van der Waals surface area contributed by atoms with Crippen molar-refractivity contribution in [3.05, 3.63) is 29.5 Å². The second-order valence-electron chi connectivity index (χ2n) is 3.90. The fraction of sp³-hybridized carbons (Fsp3) is 0.308. The number of carbonyl (C=O) groups excluding carboxylic acids is 1. The number of likely N-dealkylation sites (N-methyl/N-ethyl adjacent to an activating group) is 1. The molecule has 17 heavy (non-hydrogen) atoms. The van der Waals surface area contributed by atoms with Crippen LogP contribution < -0.4 is 9.47 Å². The maximum Gasteiger partial charge on any atom is 0.230 e. The van der Waals surface area contributed by atoms with Crippen LogP contribution in [0.15, 0.2) is 18.3 Å². The molecule has 4 nitrogen and oxygen atoms in total. The zero-order valence-corrected chi connectivity index (χ0v) is 10.2. The Morgan fingerprint density at radius 3 is 2.47 bits per heavy atom. The van der Waals surface area contributed by atoms with E-state index in [1.807, 2.05) is 18.2 Å². The molecule has 0 saturated heterocycles. The number of rotatable bonds is 2. The van der Waals surface area contributed by atoms with Crippen LogP contribution in [0.5, 0.6) is 11.5 Å². The molecule has 90 valence electrons. The van der Waals surface area contributed by atoms with Gasteiger partial charge in [0, 0.05) is 13.2 Å². The molecule has 0 aromatic heterocycles. The quantitative estimate of drug-likeness (QED) is 0.780. The average molecular weight is 233 g/mol. The monoisotopic (exact) mass is 233 g/mol. The van der Waals surface area contributed by atoms with E-state index in [9.17, 15) is 4.79 Å². The first-order valence-corrected chi connectivity index (χ1v) is 5.34. The highest BCUT2D eigenvalue weighted by Gasteiger charge is 2.16. The molecule has 0 atom stereocenters. The largest absolute Gasteiger partial charge is 0.493 e. The fourth-order valence-electron chi connectivity index (χ4n) is 1.81. The number of benzene rings is 1. The van der Waals surface area contributed by atoms with Crippen LogP contribution in [0, 0.1) is 0 Å². The van der Waals surface area contributed by atoms with Gasteiger partial charge >= 0.3 is 0 Å². The van der Waals surface area contributed by atoms with E-state index in [4.69, 9.17) is 9.47 Å². The van der Waals surface area contributed by atoms with Crippen LogP contribution in [0.1, 0.15) is 11.1 Å². The minimum Gasteiger partial charge on any atom is -0.493 e. The van der Waals surface area contributed by atoms with Gasteiger partial charge in [-0.2, -0.15) is 0 Å². The van der Waals surface area contributed by atoms with E-state index < -0.39 is 0 Å². The van der Waals surface area contributed by atoms with Gasteiger partial charge < -0.3 is 14.4 Å². The van der Waals surface area contributed by atoms with Gasteiger partial charge in [0.15, 0.2) is 11.5 Å². The van der Waals surface area contributed by atoms with Crippen LogP contribution in [0.25, 0.3) is 6.08 Å². The number of methoxy groups -OCH3 is 2. The van der Waals surface area contributed by atoms with E-state index in [0.29, 0.717) is 17.9 Å². The molecule has 0 aliphatic carbocycles. The lowest BCUT2D eigenvalue weighted by Crippen LogP contribution is -2.21. The molecule has 0 unspecified atom stereocenters. The van der Waals surface area contributed by atoms with E-state index in [1.54, 1.807) is 32.4 Å². The molecule has 1 heterocycles. The highest BCUT2D eigenvalue weighted by Crippen LogP contribution is 2.32. The van der Waals surface area contributed by atoms with Crippen molar-refractivity contribution in [1.82, 2.24) is 4.90 Å². The molecule has 0 N–H and O–H groups in total. The summed E-state index contributed by atoms with van der Waals surface area (Å²) in [5.41, 5.74) is 1.94. The van der Waals surface area contributed by atoms with Crippen molar-refractivity contribution in [2.75, 3.05) is 21.3 Å².